The molecule has 2 heterocycles. The molecule has 0 spiro atoms. The smallest absolute Gasteiger partial charge is 0.329 e. The van der Waals surface area contributed by atoms with E-state index in [0.717, 1.165) is 30.6 Å². The lowest BCUT2D eigenvalue weighted by Gasteiger charge is -2.35. The van der Waals surface area contributed by atoms with E-state index in [1.165, 1.54) is 7.05 Å². The molecule has 19 heavy (non-hydrogen) atoms. The van der Waals surface area contributed by atoms with Crippen molar-refractivity contribution in [2.75, 3.05) is 13.6 Å². The van der Waals surface area contributed by atoms with Gasteiger partial charge < -0.3 is 4.90 Å². The van der Waals surface area contributed by atoms with E-state index in [2.05, 4.69) is 10.5 Å². The Hall–Kier alpha value is -1.24. The van der Waals surface area contributed by atoms with E-state index >= 15 is 0 Å². The molecule has 5 nitrogen and oxygen atoms in total. The number of rotatable bonds is 1. The summed E-state index contributed by atoms with van der Waals surface area (Å²) in [4.78, 5) is 14.7. The van der Waals surface area contributed by atoms with Gasteiger partial charge in [0.15, 0.2) is 0 Å². The van der Waals surface area contributed by atoms with Gasteiger partial charge in [-0.15, -0.1) is 0 Å². The summed E-state index contributed by atoms with van der Waals surface area (Å²) in [5.41, 5.74) is 2.88. The second-order valence-electron chi connectivity index (χ2n) is 5.57. The Morgan fingerprint density at radius 2 is 2.11 bits per heavy atom. The number of hydrazone groups is 1. The fourth-order valence-electron chi connectivity index (χ4n) is 3.32. The van der Waals surface area contributed by atoms with Crippen LogP contribution in [0.3, 0.4) is 0 Å². The molecule has 1 amide bonds. The Labute approximate surface area is 110 Å². The Morgan fingerprint density at radius 3 is 2.79 bits per heavy atom. The van der Waals surface area contributed by atoms with Crippen molar-refractivity contribution in [3.05, 3.63) is 0 Å². The van der Waals surface area contributed by atoms with E-state index in [-0.39, 0.29) is 12.2 Å². The number of likely N-dealkylation sites (N-methyl/N-ethyl adjacent to an activating group) is 1. The predicted octanol–water partition coefficient (Wildman–Crippen LogP) is 0.622. The molecule has 7 heteroatoms. The van der Waals surface area contributed by atoms with Gasteiger partial charge in [0.05, 0.1) is 12.8 Å². The number of alkyl halides is 2. The summed E-state index contributed by atoms with van der Waals surface area (Å²) >= 11 is 0. The third-order valence-corrected chi connectivity index (χ3v) is 4.37. The van der Waals surface area contributed by atoms with Crippen LogP contribution >= 0.6 is 0 Å². The van der Waals surface area contributed by atoms with Crippen LogP contribution in [-0.4, -0.2) is 59.7 Å². The molecular formula is C12H18F2N4O. The largest absolute Gasteiger partial charge is 0.337 e. The maximum Gasteiger partial charge on any atom is 0.337 e. The molecule has 2 fully saturated rings. The van der Waals surface area contributed by atoms with Crippen LogP contribution in [0.2, 0.25) is 0 Å². The maximum absolute atomic E-state index is 14.0. The van der Waals surface area contributed by atoms with Crippen LogP contribution in [0.4, 0.5) is 8.78 Å². The summed E-state index contributed by atoms with van der Waals surface area (Å²) < 4.78 is 28.0. The van der Waals surface area contributed by atoms with Crippen LogP contribution in [0.5, 0.6) is 0 Å². The lowest BCUT2D eigenvalue weighted by atomic mass is 10.1. The molecule has 0 aromatic heterocycles. The van der Waals surface area contributed by atoms with Crippen LogP contribution in [0.15, 0.2) is 5.10 Å². The van der Waals surface area contributed by atoms with Crippen molar-refractivity contribution in [1.82, 2.24) is 15.2 Å². The SMILES string of the molecule is CN1C(=O)C(F)(F)CN(C2CCCC2)C2NN=CC21. The van der Waals surface area contributed by atoms with E-state index in [4.69, 9.17) is 0 Å². The van der Waals surface area contributed by atoms with Gasteiger partial charge in [-0.25, -0.2) is 0 Å². The Balaban J connectivity index is 1.92. The van der Waals surface area contributed by atoms with E-state index in [1.807, 2.05) is 0 Å². The van der Waals surface area contributed by atoms with E-state index < -0.39 is 24.4 Å². The summed E-state index contributed by atoms with van der Waals surface area (Å²) in [6.07, 6.45) is 5.18. The summed E-state index contributed by atoms with van der Waals surface area (Å²) in [5, 5.41) is 3.97. The molecule has 3 aliphatic rings. The number of halogens is 2. The van der Waals surface area contributed by atoms with Crippen molar-refractivity contribution in [1.29, 1.82) is 0 Å². The quantitative estimate of drug-likeness (QED) is 0.761. The van der Waals surface area contributed by atoms with Gasteiger partial charge in [0.1, 0.15) is 12.2 Å². The Bertz CT molecular complexity index is 409. The van der Waals surface area contributed by atoms with Crippen molar-refractivity contribution >= 4 is 12.1 Å². The van der Waals surface area contributed by atoms with Crippen LogP contribution < -0.4 is 5.43 Å². The number of carbonyl (C=O) groups is 1. The highest BCUT2D eigenvalue weighted by Gasteiger charge is 2.53. The minimum atomic E-state index is -3.32. The fourth-order valence-corrected chi connectivity index (χ4v) is 3.32. The molecule has 106 valence electrons. The number of nitrogens with one attached hydrogen (secondary N) is 1. The average molecular weight is 272 g/mol. The lowest BCUT2D eigenvalue weighted by molar-refractivity contribution is -0.156. The third-order valence-electron chi connectivity index (χ3n) is 4.37. The molecule has 3 rings (SSSR count). The molecule has 0 aromatic rings. The minimum absolute atomic E-state index is 0.117. The third kappa shape index (κ3) is 2.00. The second kappa shape index (κ2) is 4.40. The number of hydrogen-bond donors (Lipinski definition) is 1. The monoisotopic (exact) mass is 272 g/mol. The van der Waals surface area contributed by atoms with E-state index in [9.17, 15) is 13.6 Å². The van der Waals surface area contributed by atoms with Crippen molar-refractivity contribution in [3.8, 4) is 0 Å². The van der Waals surface area contributed by atoms with Crippen LogP contribution in [0, 0.1) is 0 Å². The van der Waals surface area contributed by atoms with Gasteiger partial charge in [-0.3, -0.25) is 15.1 Å². The number of hydrogen-bond acceptors (Lipinski definition) is 4. The molecule has 1 saturated heterocycles. The molecule has 0 radical (unpaired) electrons. The minimum Gasteiger partial charge on any atom is -0.329 e. The zero-order chi connectivity index (χ0) is 13.6. The first kappa shape index (κ1) is 12.8. The van der Waals surface area contributed by atoms with Gasteiger partial charge in [-0.2, -0.15) is 13.9 Å². The first-order valence-corrected chi connectivity index (χ1v) is 6.70. The average Bonchev–Trinajstić information content (AvgIpc) is 3.03. The molecular weight excluding hydrogens is 254 g/mol. The zero-order valence-corrected chi connectivity index (χ0v) is 10.9. The van der Waals surface area contributed by atoms with Crippen molar-refractivity contribution < 1.29 is 13.6 Å². The zero-order valence-electron chi connectivity index (χ0n) is 10.9. The van der Waals surface area contributed by atoms with Gasteiger partial charge >= 0.3 is 5.92 Å². The molecule has 1 saturated carbocycles. The summed E-state index contributed by atoms with van der Waals surface area (Å²) in [7, 11) is 1.42. The molecule has 2 unspecified atom stereocenters. The number of amides is 1. The first-order valence-electron chi connectivity index (χ1n) is 6.70. The van der Waals surface area contributed by atoms with Crippen LogP contribution in [0.25, 0.3) is 0 Å². The summed E-state index contributed by atoms with van der Waals surface area (Å²) in [6.45, 7) is -0.516. The van der Waals surface area contributed by atoms with Gasteiger partial charge in [-0.05, 0) is 12.8 Å². The van der Waals surface area contributed by atoms with Crippen molar-refractivity contribution in [2.24, 2.45) is 5.10 Å². The molecule has 0 bridgehead atoms. The number of carbonyl (C=O) groups excluding carboxylic acids is 1. The molecule has 2 aliphatic heterocycles. The van der Waals surface area contributed by atoms with Crippen molar-refractivity contribution in [2.45, 2.75) is 49.9 Å². The summed E-state index contributed by atoms with van der Waals surface area (Å²) in [5.74, 6) is -4.44. The molecule has 1 aliphatic carbocycles. The molecule has 2 atom stereocenters. The first-order chi connectivity index (χ1) is 9.00. The number of nitrogens with zero attached hydrogens (tertiary/aromatic N) is 3. The van der Waals surface area contributed by atoms with E-state index in [1.54, 1.807) is 11.1 Å². The fraction of sp³-hybridized carbons (Fsp3) is 0.833. The Kier molecular flexibility index (Phi) is 2.96. The van der Waals surface area contributed by atoms with Gasteiger partial charge in [0, 0.05) is 13.1 Å². The predicted molar refractivity (Wildman–Crippen MR) is 65.9 cm³/mol. The normalized spacial score (nSPS) is 35.3. The highest BCUT2D eigenvalue weighted by molar-refractivity contribution is 5.87. The number of fused-ring (bicyclic) bond motifs is 1. The van der Waals surface area contributed by atoms with E-state index in [0.29, 0.717) is 0 Å². The summed E-state index contributed by atoms with van der Waals surface area (Å²) in [6, 6.07) is -0.298. The van der Waals surface area contributed by atoms with Gasteiger partial charge in [-0.1, -0.05) is 12.8 Å². The van der Waals surface area contributed by atoms with Gasteiger partial charge in [0.2, 0.25) is 0 Å². The van der Waals surface area contributed by atoms with Gasteiger partial charge in [0.25, 0.3) is 5.91 Å². The van der Waals surface area contributed by atoms with Crippen LogP contribution in [-0.2, 0) is 4.79 Å². The maximum atomic E-state index is 14.0. The second-order valence-corrected chi connectivity index (χ2v) is 5.57. The topological polar surface area (TPSA) is 47.9 Å². The molecule has 0 aromatic carbocycles. The van der Waals surface area contributed by atoms with Crippen molar-refractivity contribution in [3.63, 3.8) is 0 Å². The standard InChI is InChI=1S/C12H18F2N4O/c1-17-9-6-15-16-10(9)18(8-4-2-3-5-8)7-12(13,14)11(17)19/h6,8-10,16H,2-5,7H2,1H3. The highest BCUT2D eigenvalue weighted by atomic mass is 19.3. The molecule has 1 N–H and O–H groups in total. The van der Waals surface area contributed by atoms with Crippen LogP contribution in [0.1, 0.15) is 25.7 Å². The lowest BCUT2D eigenvalue weighted by Crippen LogP contribution is -2.55. The highest BCUT2D eigenvalue weighted by Crippen LogP contribution is 2.33. The Morgan fingerprint density at radius 1 is 1.42 bits per heavy atom.